The highest BCUT2D eigenvalue weighted by molar-refractivity contribution is 5.96. The molecule has 3 N–H and O–H groups in total. The van der Waals surface area contributed by atoms with Crippen LogP contribution in [0.15, 0.2) is 63.2 Å². The average Bonchev–Trinajstić information content (AvgIpc) is 3.06. The van der Waals surface area contributed by atoms with Crippen LogP contribution < -0.4 is 11.1 Å². The van der Waals surface area contributed by atoms with Gasteiger partial charge in [-0.25, -0.2) is 9.98 Å². The molecule has 0 fully saturated rings. The van der Waals surface area contributed by atoms with Gasteiger partial charge in [0.15, 0.2) is 5.82 Å². The van der Waals surface area contributed by atoms with Crippen molar-refractivity contribution in [1.82, 2.24) is 19.7 Å². The first-order valence-corrected chi connectivity index (χ1v) is 8.14. The molecule has 0 aliphatic carbocycles. The summed E-state index contributed by atoms with van der Waals surface area (Å²) in [6, 6.07) is 12.2. The molecular formula is C19H15N5O3. The summed E-state index contributed by atoms with van der Waals surface area (Å²) in [4.78, 5) is 33.3. The monoisotopic (exact) mass is 361 g/mol. The number of nitrogens with zero attached hydrogens (tertiary/aromatic N) is 3. The summed E-state index contributed by atoms with van der Waals surface area (Å²) < 4.78 is 1.43. The number of aliphatic imine (C=N–C) groups is 1. The average molecular weight is 361 g/mol. The van der Waals surface area contributed by atoms with Gasteiger partial charge in [-0.3, -0.25) is 19.8 Å². The highest BCUT2D eigenvalue weighted by Crippen LogP contribution is 2.32. The number of para-hydroxylation sites is 1. The molecule has 0 saturated heterocycles. The molecule has 0 bridgehead atoms. The lowest BCUT2D eigenvalue weighted by atomic mass is 10.1. The van der Waals surface area contributed by atoms with Gasteiger partial charge < -0.3 is 9.67 Å². The van der Waals surface area contributed by atoms with Crippen molar-refractivity contribution in [2.75, 3.05) is 0 Å². The van der Waals surface area contributed by atoms with E-state index < -0.39 is 11.1 Å². The maximum Gasteiger partial charge on any atom is 0.273 e. The molecule has 3 heterocycles. The van der Waals surface area contributed by atoms with Crippen LogP contribution in [0.25, 0.3) is 22.2 Å². The fourth-order valence-corrected chi connectivity index (χ4v) is 2.95. The summed E-state index contributed by atoms with van der Waals surface area (Å²) in [5.74, 6) is 0.219. The molecule has 0 aliphatic heterocycles. The Morgan fingerprint density at radius 1 is 1.11 bits per heavy atom. The lowest BCUT2D eigenvalue weighted by molar-refractivity contribution is 0.481. The number of fused-ring (bicyclic) bond motifs is 1. The molecule has 0 unspecified atom stereocenters. The number of nitrogens with one attached hydrogen (secondary N) is 2. The number of aromatic hydroxyl groups is 1. The summed E-state index contributed by atoms with van der Waals surface area (Å²) in [6.07, 6.45) is 2.90. The Hall–Kier alpha value is -3.94. The van der Waals surface area contributed by atoms with Crippen molar-refractivity contribution in [3.63, 3.8) is 0 Å². The zero-order valence-corrected chi connectivity index (χ0v) is 14.3. The van der Waals surface area contributed by atoms with E-state index in [-0.39, 0.29) is 22.6 Å². The number of H-pyrrole nitrogens is 2. The van der Waals surface area contributed by atoms with Gasteiger partial charge in [0.2, 0.25) is 0 Å². The Morgan fingerprint density at radius 3 is 2.67 bits per heavy atom. The fourth-order valence-electron chi connectivity index (χ4n) is 2.95. The fraction of sp³-hybridized carbons (Fsp3) is 0.0526. The van der Waals surface area contributed by atoms with Gasteiger partial charge >= 0.3 is 0 Å². The van der Waals surface area contributed by atoms with E-state index in [2.05, 4.69) is 20.2 Å². The van der Waals surface area contributed by atoms with E-state index >= 15 is 0 Å². The number of hydrogen-bond donors (Lipinski definition) is 3. The smallest absolute Gasteiger partial charge is 0.273 e. The van der Waals surface area contributed by atoms with E-state index in [1.54, 1.807) is 55.7 Å². The first kappa shape index (κ1) is 16.5. The van der Waals surface area contributed by atoms with Gasteiger partial charge in [-0.2, -0.15) is 0 Å². The molecular weight excluding hydrogens is 346 g/mol. The molecule has 0 radical (unpaired) electrons. The molecule has 0 spiro atoms. The summed E-state index contributed by atoms with van der Waals surface area (Å²) in [5.41, 5.74) is -0.0116. The van der Waals surface area contributed by atoms with Gasteiger partial charge in [-0.1, -0.05) is 18.2 Å². The third kappa shape index (κ3) is 2.73. The third-order valence-corrected chi connectivity index (χ3v) is 4.32. The van der Waals surface area contributed by atoms with Crippen molar-refractivity contribution in [2.45, 2.75) is 0 Å². The number of pyridine rings is 2. The summed E-state index contributed by atoms with van der Waals surface area (Å²) in [7, 11) is 1.61. The van der Waals surface area contributed by atoms with Crippen molar-refractivity contribution < 1.29 is 5.11 Å². The van der Waals surface area contributed by atoms with E-state index in [1.165, 1.54) is 10.8 Å². The van der Waals surface area contributed by atoms with E-state index in [9.17, 15) is 14.7 Å². The summed E-state index contributed by atoms with van der Waals surface area (Å²) in [5, 5.41) is 16.3. The Morgan fingerprint density at radius 2 is 1.89 bits per heavy atom. The van der Waals surface area contributed by atoms with Crippen LogP contribution in [0.5, 0.6) is 5.75 Å². The molecule has 8 nitrogen and oxygen atoms in total. The first-order valence-electron chi connectivity index (χ1n) is 8.14. The van der Waals surface area contributed by atoms with Crippen LogP contribution in [0.2, 0.25) is 0 Å². The molecule has 1 aromatic carbocycles. The van der Waals surface area contributed by atoms with Gasteiger partial charge in [0.1, 0.15) is 11.3 Å². The Kier molecular flexibility index (Phi) is 3.92. The number of rotatable bonds is 3. The highest BCUT2D eigenvalue weighted by Gasteiger charge is 2.21. The Balaban J connectivity index is 1.95. The van der Waals surface area contributed by atoms with Crippen molar-refractivity contribution in [2.24, 2.45) is 12.0 Å². The molecule has 134 valence electrons. The second-order valence-corrected chi connectivity index (χ2v) is 5.92. The van der Waals surface area contributed by atoms with Crippen molar-refractivity contribution in [3.8, 4) is 17.0 Å². The summed E-state index contributed by atoms with van der Waals surface area (Å²) in [6.45, 7) is 0. The van der Waals surface area contributed by atoms with Crippen LogP contribution >= 0.6 is 0 Å². The molecule has 4 aromatic rings. The minimum absolute atomic E-state index is 0.00276. The molecule has 3 aromatic heterocycles. The number of benzene rings is 1. The maximum absolute atomic E-state index is 12.8. The van der Waals surface area contributed by atoms with E-state index in [0.29, 0.717) is 16.7 Å². The molecule has 0 atom stereocenters. The van der Waals surface area contributed by atoms with Crippen LogP contribution in [0.1, 0.15) is 5.56 Å². The van der Waals surface area contributed by atoms with Crippen molar-refractivity contribution in [3.05, 3.63) is 74.9 Å². The Labute approximate surface area is 152 Å². The maximum atomic E-state index is 12.8. The number of aromatic nitrogens is 4. The van der Waals surface area contributed by atoms with Gasteiger partial charge in [0, 0.05) is 24.8 Å². The van der Waals surface area contributed by atoms with Crippen LogP contribution in [0.4, 0.5) is 5.82 Å². The first-order chi connectivity index (χ1) is 13.1. The number of aromatic amines is 2. The SMILES string of the molecule is Cn1c(=O)c(-c2[nH][nH]c(=O)c2C=Nc2ccccn2)c(O)c2ccccc21. The van der Waals surface area contributed by atoms with Gasteiger partial charge in [0.05, 0.1) is 16.8 Å². The van der Waals surface area contributed by atoms with Gasteiger partial charge in [-0.15, -0.1) is 0 Å². The second-order valence-electron chi connectivity index (χ2n) is 5.92. The highest BCUT2D eigenvalue weighted by atomic mass is 16.3. The molecule has 0 aliphatic rings. The van der Waals surface area contributed by atoms with Crippen LogP contribution in [-0.2, 0) is 7.05 Å². The molecule has 8 heteroatoms. The molecule has 0 amide bonds. The Bertz CT molecular complexity index is 1280. The largest absolute Gasteiger partial charge is 0.506 e. The standard InChI is InChI=1S/C19H15N5O3/c1-24-13-7-3-2-6-11(13)17(25)15(19(24)27)16-12(18(26)23-22-16)10-21-14-8-4-5-9-20-14/h2-10,25H,1H3,(H2,22,23,26). The normalized spacial score (nSPS) is 11.4. The van der Waals surface area contributed by atoms with Crippen LogP contribution in [-0.4, -0.2) is 31.1 Å². The van der Waals surface area contributed by atoms with Crippen LogP contribution in [0, 0.1) is 0 Å². The predicted molar refractivity (Wildman–Crippen MR) is 103 cm³/mol. The summed E-state index contributed by atoms with van der Waals surface area (Å²) >= 11 is 0. The third-order valence-electron chi connectivity index (χ3n) is 4.32. The predicted octanol–water partition coefficient (Wildman–Crippen LogP) is 2.07. The zero-order valence-electron chi connectivity index (χ0n) is 14.3. The lowest BCUT2D eigenvalue weighted by Gasteiger charge is -2.11. The minimum atomic E-state index is -0.459. The quantitative estimate of drug-likeness (QED) is 0.484. The zero-order chi connectivity index (χ0) is 19.0. The number of hydrogen-bond acceptors (Lipinski definition) is 5. The minimum Gasteiger partial charge on any atom is -0.506 e. The molecule has 27 heavy (non-hydrogen) atoms. The lowest BCUT2D eigenvalue weighted by Crippen LogP contribution is -2.20. The van der Waals surface area contributed by atoms with Gasteiger partial charge in [-0.05, 0) is 24.3 Å². The molecule has 4 rings (SSSR count). The van der Waals surface area contributed by atoms with Crippen LogP contribution in [0.3, 0.4) is 0 Å². The topological polar surface area (TPSA) is 116 Å². The second kappa shape index (κ2) is 6.41. The van der Waals surface area contributed by atoms with Crippen molar-refractivity contribution >= 4 is 22.9 Å². The number of aryl methyl sites for hydroxylation is 1. The van der Waals surface area contributed by atoms with E-state index in [4.69, 9.17) is 0 Å². The van der Waals surface area contributed by atoms with Crippen molar-refractivity contribution in [1.29, 1.82) is 0 Å². The van der Waals surface area contributed by atoms with E-state index in [1.807, 2.05) is 0 Å². The molecule has 0 saturated carbocycles. The van der Waals surface area contributed by atoms with E-state index in [0.717, 1.165) is 0 Å². The van der Waals surface area contributed by atoms with Gasteiger partial charge in [0.25, 0.3) is 11.1 Å².